The van der Waals surface area contributed by atoms with E-state index in [1.807, 2.05) is 36.4 Å². The normalized spacial score (nSPS) is 17.3. The Kier molecular flexibility index (Phi) is 6.13. The largest absolute Gasteiger partial charge is 0.325 e. The molecule has 0 aromatic heterocycles. The zero-order chi connectivity index (χ0) is 23.8. The van der Waals surface area contributed by atoms with E-state index in [9.17, 15) is 13.2 Å². The van der Waals surface area contributed by atoms with Gasteiger partial charge in [-0.05, 0) is 79.3 Å². The molecule has 1 saturated carbocycles. The Bertz CT molecular complexity index is 1300. The maximum absolute atomic E-state index is 13.5. The third kappa shape index (κ3) is 4.10. The molecule has 3 aromatic carbocycles. The number of hydrogen-bond donors (Lipinski definition) is 1. The maximum Gasteiger partial charge on any atom is 0.264 e. The third-order valence-electron chi connectivity index (χ3n) is 7.03. The molecule has 0 saturated heterocycles. The summed E-state index contributed by atoms with van der Waals surface area (Å²) >= 11 is 6.08. The summed E-state index contributed by atoms with van der Waals surface area (Å²) in [6, 6.07) is 21.6. The molecule has 0 unspecified atom stereocenters. The van der Waals surface area contributed by atoms with Crippen molar-refractivity contribution < 1.29 is 13.2 Å². The molecule has 5 rings (SSSR count). The van der Waals surface area contributed by atoms with Crippen LogP contribution >= 0.6 is 11.6 Å². The maximum atomic E-state index is 13.5. The number of carbonyl (C=O) groups excluding carboxylic acids is 1. The van der Waals surface area contributed by atoms with Gasteiger partial charge in [-0.3, -0.25) is 9.10 Å². The first-order valence-electron chi connectivity index (χ1n) is 11.7. The van der Waals surface area contributed by atoms with E-state index in [1.165, 1.54) is 4.31 Å². The molecule has 1 amide bonds. The molecule has 7 heteroatoms. The van der Waals surface area contributed by atoms with Crippen molar-refractivity contribution in [1.82, 2.24) is 0 Å². The molecule has 0 spiro atoms. The van der Waals surface area contributed by atoms with Crippen molar-refractivity contribution in [3.63, 3.8) is 0 Å². The summed E-state index contributed by atoms with van der Waals surface area (Å²) in [5.41, 5.74) is 2.73. The molecule has 0 atom stereocenters. The van der Waals surface area contributed by atoms with E-state index < -0.39 is 15.4 Å². The van der Waals surface area contributed by atoms with Crippen molar-refractivity contribution in [3.8, 4) is 0 Å². The zero-order valence-corrected chi connectivity index (χ0v) is 20.4. The molecular formula is C27H27ClN2O3S. The molecule has 34 heavy (non-hydrogen) atoms. The zero-order valence-electron chi connectivity index (χ0n) is 18.8. The Morgan fingerprint density at radius 2 is 1.62 bits per heavy atom. The topological polar surface area (TPSA) is 66.5 Å². The first kappa shape index (κ1) is 22.9. The van der Waals surface area contributed by atoms with E-state index in [0.29, 0.717) is 22.9 Å². The smallest absolute Gasteiger partial charge is 0.264 e. The molecule has 0 bridgehead atoms. The molecular weight excluding hydrogens is 468 g/mol. The van der Waals surface area contributed by atoms with Gasteiger partial charge in [0, 0.05) is 17.3 Å². The Morgan fingerprint density at radius 3 is 2.32 bits per heavy atom. The van der Waals surface area contributed by atoms with E-state index in [2.05, 4.69) is 5.32 Å². The minimum absolute atomic E-state index is 0.0168. The van der Waals surface area contributed by atoms with Crippen LogP contribution in [0, 0.1) is 0 Å². The monoisotopic (exact) mass is 494 g/mol. The molecule has 2 aliphatic rings. The average Bonchev–Trinajstić information content (AvgIpc) is 3.36. The van der Waals surface area contributed by atoms with Gasteiger partial charge in [-0.25, -0.2) is 8.42 Å². The molecule has 5 nitrogen and oxygen atoms in total. The summed E-state index contributed by atoms with van der Waals surface area (Å²) in [4.78, 5) is 13.8. The number of benzene rings is 3. The number of aryl methyl sites for hydroxylation is 1. The number of carbonyl (C=O) groups is 1. The van der Waals surface area contributed by atoms with Crippen molar-refractivity contribution in [1.29, 1.82) is 0 Å². The minimum atomic E-state index is -3.64. The van der Waals surface area contributed by atoms with Crippen molar-refractivity contribution in [3.05, 3.63) is 88.9 Å². The summed E-state index contributed by atoms with van der Waals surface area (Å²) in [5.74, 6) is -0.0168. The number of amides is 1. The average molecular weight is 495 g/mol. The highest BCUT2D eigenvalue weighted by molar-refractivity contribution is 7.92. The number of rotatable bonds is 5. The third-order valence-corrected chi connectivity index (χ3v) is 9.11. The van der Waals surface area contributed by atoms with Crippen molar-refractivity contribution in [2.24, 2.45) is 0 Å². The van der Waals surface area contributed by atoms with E-state index >= 15 is 0 Å². The number of nitrogens with zero attached hydrogens (tertiary/aromatic N) is 1. The van der Waals surface area contributed by atoms with Gasteiger partial charge < -0.3 is 5.32 Å². The lowest BCUT2D eigenvalue weighted by atomic mass is 9.78. The van der Waals surface area contributed by atoms with Gasteiger partial charge in [-0.2, -0.15) is 0 Å². The van der Waals surface area contributed by atoms with Crippen LogP contribution in [0.3, 0.4) is 0 Å². The van der Waals surface area contributed by atoms with Gasteiger partial charge in [0.2, 0.25) is 5.91 Å². The second-order valence-electron chi connectivity index (χ2n) is 9.09. The van der Waals surface area contributed by atoms with Crippen LogP contribution in [0.4, 0.5) is 11.4 Å². The van der Waals surface area contributed by atoms with Gasteiger partial charge >= 0.3 is 0 Å². The van der Waals surface area contributed by atoms with Crippen LogP contribution in [0.15, 0.2) is 77.7 Å². The summed E-state index contributed by atoms with van der Waals surface area (Å²) < 4.78 is 28.0. The van der Waals surface area contributed by atoms with Crippen LogP contribution in [-0.2, 0) is 26.7 Å². The molecule has 1 fully saturated rings. The SMILES string of the molecule is O=C(Nc1ccc2c(c1)CCCN2S(=O)(=O)c1ccccc1)C1(c2ccc(Cl)cc2)CCCC1. The lowest BCUT2D eigenvalue weighted by Gasteiger charge is -2.31. The standard InChI is InChI=1S/C27H27ClN2O3S/c28-22-12-10-21(11-13-22)27(16-4-5-17-27)26(31)29-23-14-15-25-20(19-23)7-6-18-30(25)34(32,33)24-8-2-1-3-9-24/h1-3,8-15,19H,4-7,16-18H2,(H,29,31). The highest BCUT2D eigenvalue weighted by atomic mass is 35.5. The Labute approximate surface area is 205 Å². The highest BCUT2D eigenvalue weighted by Gasteiger charge is 2.42. The van der Waals surface area contributed by atoms with Crippen LogP contribution in [0.5, 0.6) is 0 Å². The summed E-state index contributed by atoms with van der Waals surface area (Å²) in [6.07, 6.45) is 5.11. The quantitative estimate of drug-likeness (QED) is 0.478. The molecule has 1 heterocycles. The van der Waals surface area contributed by atoms with Crippen LogP contribution in [0.25, 0.3) is 0 Å². The van der Waals surface area contributed by atoms with E-state index in [-0.39, 0.29) is 10.8 Å². The lowest BCUT2D eigenvalue weighted by molar-refractivity contribution is -0.121. The van der Waals surface area contributed by atoms with Gasteiger partial charge in [0.25, 0.3) is 10.0 Å². The van der Waals surface area contributed by atoms with E-state index in [4.69, 9.17) is 11.6 Å². The number of hydrogen-bond acceptors (Lipinski definition) is 3. The van der Waals surface area contributed by atoms with Crippen molar-refractivity contribution in [2.45, 2.75) is 48.8 Å². The minimum Gasteiger partial charge on any atom is -0.325 e. The van der Waals surface area contributed by atoms with Gasteiger partial charge in [0.15, 0.2) is 0 Å². The lowest BCUT2D eigenvalue weighted by Crippen LogP contribution is -2.38. The fourth-order valence-corrected chi connectivity index (χ4v) is 6.94. The Morgan fingerprint density at radius 1 is 0.912 bits per heavy atom. The molecule has 1 N–H and O–H groups in total. The Hall–Kier alpha value is -2.83. The van der Waals surface area contributed by atoms with Crippen LogP contribution in [0.2, 0.25) is 5.02 Å². The Balaban J connectivity index is 1.42. The highest BCUT2D eigenvalue weighted by Crippen LogP contribution is 2.43. The first-order chi connectivity index (χ1) is 16.4. The number of nitrogens with one attached hydrogen (secondary N) is 1. The van der Waals surface area contributed by atoms with Gasteiger partial charge in [0.05, 0.1) is 16.0 Å². The second-order valence-corrected chi connectivity index (χ2v) is 11.4. The molecule has 1 aliphatic carbocycles. The number of sulfonamides is 1. The predicted molar refractivity (Wildman–Crippen MR) is 136 cm³/mol. The number of fused-ring (bicyclic) bond motifs is 1. The fraction of sp³-hybridized carbons (Fsp3) is 0.296. The van der Waals surface area contributed by atoms with Crippen LogP contribution in [-0.4, -0.2) is 20.9 Å². The molecule has 176 valence electrons. The summed E-state index contributed by atoms with van der Waals surface area (Å²) in [7, 11) is -3.64. The van der Waals surface area contributed by atoms with Gasteiger partial charge in [-0.1, -0.05) is 54.8 Å². The fourth-order valence-electron chi connectivity index (χ4n) is 5.25. The van der Waals surface area contributed by atoms with E-state index in [1.54, 1.807) is 36.4 Å². The molecule has 0 radical (unpaired) electrons. The van der Waals surface area contributed by atoms with Crippen LogP contribution in [0.1, 0.15) is 43.2 Å². The van der Waals surface area contributed by atoms with Gasteiger partial charge in [-0.15, -0.1) is 0 Å². The number of anilines is 2. The van der Waals surface area contributed by atoms with Crippen molar-refractivity contribution in [2.75, 3.05) is 16.2 Å². The second kappa shape index (κ2) is 9.08. The van der Waals surface area contributed by atoms with Crippen LogP contribution < -0.4 is 9.62 Å². The van der Waals surface area contributed by atoms with Crippen molar-refractivity contribution >= 4 is 38.9 Å². The van der Waals surface area contributed by atoms with E-state index in [0.717, 1.165) is 49.7 Å². The number of halogens is 1. The van der Waals surface area contributed by atoms with Gasteiger partial charge in [0.1, 0.15) is 0 Å². The molecule has 1 aliphatic heterocycles. The summed E-state index contributed by atoms with van der Waals surface area (Å²) in [6.45, 7) is 0.440. The summed E-state index contributed by atoms with van der Waals surface area (Å²) in [5, 5.41) is 3.79. The molecule has 3 aromatic rings. The first-order valence-corrected chi connectivity index (χ1v) is 13.5. The predicted octanol–water partition coefficient (Wildman–Crippen LogP) is 5.93.